The van der Waals surface area contributed by atoms with Gasteiger partial charge in [-0.15, -0.1) is 0 Å². The van der Waals surface area contributed by atoms with Gasteiger partial charge in [-0.3, -0.25) is 14.9 Å². The van der Waals surface area contributed by atoms with Gasteiger partial charge in [0.25, 0.3) is 11.1 Å². The van der Waals surface area contributed by atoms with E-state index in [0.29, 0.717) is 17.1 Å². The first kappa shape index (κ1) is 20.2. The molecule has 2 amide bonds. The molecule has 0 spiro atoms. The molecule has 0 aromatic heterocycles. The minimum Gasteiger partial charge on any atom is -0.493 e. The zero-order valence-corrected chi connectivity index (χ0v) is 17.1. The fourth-order valence-corrected chi connectivity index (χ4v) is 3.96. The second-order valence-electron chi connectivity index (χ2n) is 5.73. The minimum absolute atomic E-state index is 0.0840. The quantitative estimate of drug-likeness (QED) is 0.706. The Morgan fingerprint density at radius 3 is 2.36 bits per heavy atom. The first-order valence-corrected chi connectivity index (χ1v) is 10.9. The summed E-state index contributed by atoms with van der Waals surface area (Å²) in [6, 6.07) is 9.10. The van der Waals surface area contributed by atoms with E-state index in [-0.39, 0.29) is 20.6 Å². The summed E-state index contributed by atoms with van der Waals surface area (Å²) < 4.78 is 34.3. The van der Waals surface area contributed by atoms with E-state index < -0.39 is 21.0 Å². The van der Waals surface area contributed by atoms with Crippen LogP contribution in [0.2, 0.25) is 5.02 Å². The number of imide groups is 1. The van der Waals surface area contributed by atoms with E-state index in [0.717, 1.165) is 18.0 Å². The number of rotatable bonds is 5. The number of thioether (sulfide) groups is 1. The van der Waals surface area contributed by atoms with E-state index >= 15 is 0 Å². The van der Waals surface area contributed by atoms with E-state index in [4.69, 9.17) is 21.1 Å². The van der Waals surface area contributed by atoms with Crippen molar-refractivity contribution < 1.29 is 27.5 Å². The standard InChI is InChI=1S/C18H14ClNO6S2/c1-25-15-7-10(8-16-17(21)20-18(22)27-16)3-5-14(15)26-13-6-4-11(9-12(13)19)28(2,23)24/h3-9H,1-2H3,(H,20,21,22)/b16-8-. The average molecular weight is 440 g/mol. The zero-order valence-electron chi connectivity index (χ0n) is 14.7. The lowest BCUT2D eigenvalue weighted by atomic mass is 10.2. The van der Waals surface area contributed by atoms with Gasteiger partial charge in [0.1, 0.15) is 5.75 Å². The molecule has 10 heteroatoms. The van der Waals surface area contributed by atoms with Crippen LogP contribution in [-0.2, 0) is 14.6 Å². The lowest BCUT2D eigenvalue weighted by molar-refractivity contribution is -0.115. The normalized spacial score (nSPS) is 15.6. The molecule has 28 heavy (non-hydrogen) atoms. The monoisotopic (exact) mass is 439 g/mol. The molecule has 2 aromatic rings. The van der Waals surface area contributed by atoms with Gasteiger partial charge in [0.15, 0.2) is 21.3 Å². The first-order chi connectivity index (χ1) is 13.2. The molecule has 146 valence electrons. The highest BCUT2D eigenvalue weighted by molar-refractivity contribution is 8.18. The highest BCUT2D eigenvalue weighted by atomic mass is 35.5. The van der Waals surface area contributed by atoms with Gasteiger partial charge in [0.2, 0.25) is 0 Å². The lowest BCUT2D eigenvalue weighted by Gasteiger charge is -2.13. The highest BCUT2D eigenvalue weighted by Crippen LogP contribution is 2.37. The molecule has 1 fully saturated rings. The number of halogens is 1. The molecule has 0 bridgehead atoms. The molecule has 0 unspecified atom stereocenters. The smallest absolute Gasteiger partial charge is 0.290 e. The minimum atomic E-state index is -3.38. The van der Waals surface area contributed by atoms with Gasteiger partial charge in [-0.05, 0) is 53.7 Å². The maximum absolute atomic E-state index is 11.7. The third kappa shape index (κ3) is 4.49. The van der Waals surface area contributed by atoms with Crippen molar-refractivity contribution in [1.82, 2.24) is 5.32 Å². The Kier molecular flexibility index (Phi) is 5.69. The second-order valence-corrected chi connectivity index (χ2v) is 9.17. The van der Waals surface area contributed by atoms with Crippen molar-refractivity contribution in [1.29, 1.82) is 0 Å². The van der Waals surface area contributed by atoms with Crippen LogP contribution in [0, 0.1) is 0 Å². The van der Waals surface area contributed by atoms with E-state index in [1.807, 2.05) is 0 Å². The van der Waals surface area contributed by atoms with E-state index in [2.05, 4.69) is 5.32 Å². The molecular formula is C18H14ClNO6S2. The average Bonchev–Trinajstić information content (AvgIpc) is 2.94. The third-order valence-electron chi connectivity index (χ3n) is 3.68. The van der Waals surface area contributed by atoms with Crippen LogP contribution in [0.4, 0.5) is 4.79 Å². The van der Waals surface area contributed by atoms with Crippen LogP contribution in [-0.4, -0.2) is 32.9 Å². The summed E-state index contributed by atoms with van der Waals surface area (Å²) in [7, 11) is -1.93. The van der Waals surface area contributed by atoms with Gasteiger partial charge in [0.05, 0.1) is 21.9 Å². The summed E-state index contributed by atoms with van der Waals surface area (Å²) in [6.07, 6.45) is 2.65. The van der Waals surface area contributed by atoms with Crippen molar-refractivity contribution in [3.8, 4) is 17.2 Å². The predicted octanol–water partition coefficient (Wildman–Crippen LogP) is 3.87. The molecule has 1 aliphatic heterocycles. The summed E-state index contributed by atoms with van der Waals surface area (Å²) in [5.74, 6) is 0.521. The van der Waals surface area contributed by atoms with Crippen LogP contribution >= 0.6 is 23.4 Å². The van der Waals surface area contributed by atoms with Crippen molar-refractivity contribution in [3.05, 3.63) is 51.9 Å². The SMILES string of the molecule is COc1cc(/C=C2\SC(=O)NC2=O)ccc1Oc1ccc(S(C)(=O)=O)cc1Cl. The molecule has 1 aliphatic rings. The van der Waals surface area contributed by atoms with Crippen LogP contribution in [0.25, 0.3) is 6.08 Å². The van der Waals surface area contributed by atoms with E-state index in [1.165, 1.54) is 25.3 Å². The largest absolute Gasteiger partial charge is 0.493 e. The van der Waals surface area contributed by atoms with Crippen LogP contribution in [0.5, 0.6) is 17.2 Å². The number of carbonyl (C=O) groups excluding carboxylic acids is 2. The molecule has 1 saturated heterocycles. The fraction of sp³-hybridized carbons (Fsp3) is 0.111. The van der Waals surface area contributed by atoms with Gasteiger partial charge in [0, 0.05) is 6.26 Å². The molecule has 1 heterocycles. The van der Waals surface area contributed by atoms with Crippen molar-refractivity contribution in [2.24, 2.45) is 0 Å². The zero-order chi connectivity index (χ0) is 20.5. The molecule has 0 saturated carbocycles. The first-order valence-electron chi connectivity index (χ1n) is 7.78. The Morgan fingerprint density at radius 1 is 1.07 bits per heavy atom. The molecule has 0 atom stereocenters. The van der Waals surface area contributed by atoms with Crippen LogP contribution in [0.1, 0.15) is 5.56 Å². The summed E-state index contributed by atoms with van der Waals surface area (Å²) in [6.45, 7) is 0. The van der Waals surface area contributed by atoms with Crippen LogP contribution < -0.4 is 14.8 Å². The van der Waals surface area contributed by atoms with Crippen LogP contribution in [0.15, 0.2) is 46.2 Å². The molecule has 1 N–H and O–H groups in total. The number of sulfone groups is 1. The number of ether oxygens (including phenoxy) is 2. The van der Waals surface area contributed by atoms with Crippen LogP contribution in [0.3, 0.4) is 0 Å². The number of benzene rings is 2. The summed E-state index contributed by atoms with van der Waals surface area (Å²) >= 11 is 6.95. The second kappa shape index (κ2) is 7.86. The maximum Gasteiger partial charge on any atom is 0.290 e. The van der Waals surface area contributed by atoms with E-state index in [1.54, 1.807) is 24.3 Å². The summed E-state index contributed by atoms with van der Waals surface area (Å²) in [5.41, 5.74) is 0.634. The Hall–Kier alpha value is -2.49. The molecular weight excluding hydrogens is 426 g/mol. The maximum atomic E-state index is 11.7. The summed E-state index contributed by atoms with van der Waals surface area (Å²) in [5, 5.41) is 1.90. The number of nitrogens with one attached hydrogen (secondary N) is 1. The third-order valence-corrected chi connectivity index (χ3v) is 5.90. The number of methoxy groups -OCH3 is 1. The Morgan fingerprint density at radius 2 is 1.79 bits per heavy atom. The number of carbonyl (C=O) groups is 2. The van der Waals surface area contributed by atoms with Crippen molar-refractivity contribution in [2.45, 2.75) is 4.90 Å². The molecule has 0 radical (unpaired) electrons. The van der Waals surface area contributed by atoms with Gasteiger partial charge in [-0.1, -0.05) is 17.7 Å². The Bertz CT molecular complexity index is 1110. The van der Waals surface area contributed by atoms with Gasteiger partial charge in [-0.25, -0.2) is 8.42 Å². The predicted molar refractivity (Wildman–Crippen MR) is 107 cm³/mol. The number of hydrogen-bond acceptors (Lipinski definition) is 7. The van der Waals surface area contributed by atoms with Crippen molar-refractivity contribution in [3.63, 3.8) is 0 Å². The topological polar surface area (TPSA) is 98.8 Å². The highest BCUT2D eigenvalue weighted by Gasteiger charge is 2.25. The number of hydrogen-bond donors (Lipinski definition) is 1. The Balaban J connectivity index is 1.89. The fourth-order valence-electron chi connectivity index (χ4n) is 2.34. The Labute approximate surface area is 170 Å². The van der Waals surface area contributed by atoms with Crippen molar-refractivity contribution >= 4 is 50.4 Å². The molecule has 0 aliphatic carbocycles. The lowest BCUT2D eigenvalue weighted by Crippen LogP contribution is -2.17. The van der Waals surface area contributed by atoms with Gasteiger partial charge < -0.3 is 9.47 Å². The molecule has 3 rings (SSSR count). The number of amides is 2. The van der Waals surface area contributed by atoms with E-state index in [9.17, 15) is 18.0 Å². The van der Waals surface area contributed by atoms with Crippen molar-refractivity contribution in [2.75, 3.05) is 13.4 Å². The molecule has 2 aromatic carbocycles. The molecule has 7 nitrogen and oxygen atoms in total. The van der Waals surface area contributed by atoms with Gasteiger partial charge in [-0.2, -0.15) is 0 Å². The summed E-state index contributed by atoms with van der Waals surface area (Å²) in [4.78, 5) is 23.3. The van der Waals surface area contributed by atoms with Gasteiger partial charge >= 0.3 is 0 Å².